The number of hydrogen-bond acceptors (Lipinski definition) is 4. The van der Waals surface area contributed by atoms with Crippen LogP contribution in [0.25, 0.3) is 11.1 Å². The average Bonchev–Trinajstić information content (AvgIpc) is 3.12. The first-order valence-electron chi connectivity index (χ1n) is 9.19. The van der Waals surface area contributed by atoms with Gasteiger partial charge in [-0.25, -0.2) is 4.98 Å². The van der Waals surface area contributed by atoms with Crippen molar-refractivity contribution in [2.24, 2.45) is 0 Å². The van der Waals surface area contributed by atoms with Gasteiger partial charge in [-0.1, -0.05) is 37.3 Å². The maximum atomic E-state index is 12.4. The third-order valence-corrected chi connectivity index (χ3v) is 5.75. The second-order valence-corrected chi connectivity index (χ2v) is 7.81. The van der Waals surface area contributed by atoms with Crippen LogP contribution in [0.5, 0.6) is 0 Å². The van der Waals surface area contributed by atoms with E-state index in [1.807, 2.05) is 6.07 Å². The molecule has 0 bridgehead atoms. The highest BCUT2D eigenvalue weighted by Crippen LogP contribution is 2.27. The molecule has 0 unspecified atom stereocenters. The summed E-state index contributed by atoms with van der Waals surface area (Å²) in [4.78, 5) is 23.7. The summed E-state index contributed by atoms with van der Waals surface area (Å²) in [5, 5.41) is 2.22. The smallest absolute Gasteiger partial charge is 0.255 e. The first-order chi connectivity index (χ1) is 12.7. The van der Waals surface area contributed by atoms with Gasteiger partial charge in [-0.15, -0.1) is 11.3 Å². The number of aromatic amines is 1. The lowest BCUT2D eigenvalue weighted by Crippen LogP contribution is -2.35. The van der Waals surface area contributed by atoms with Gasteiger partial charge in [0.2, 0.25) is 0 Å². The lowest BCUT2D eigenvalue weighted by atomic mass is 10.1. The van der Waals surface area contributed by atoms with Gasteiger partial charge in [0.1, 0.15) is 5.82 Å². The molecule has 0 saturated carbocycles. The summed E-state index contributed by atoms with van der Waals surface area (Å²) in [7, 11) is 0. The van der Waals surface area contributed by atoms with Crippen molar-refractivity contribution in [3.05, 3.63) is 74.1 Å². The van der Waals surface area contributed by atoms with Crippen molar-refractivity contribution in [2.45, 2.75) is 39.3 Å². The maximum absolute atomic E-state index is 12.4. The molecule has 2 aromatic heterocycles. The Kier molecular flexibility index (Phi) is 5.00. The van der Waals surface area contributed by atoms with Crippen molar-refractivity contribution in [3.63, 3.8) is 0 Å². The molecule has 3 heterocycles. The molecule has 1 N–H and O–H groups in total. The summed E-state index contributed by atoms with van der Waals surface area (Å²) in [6, 6.07) is 12.7. The lowest BCUT2D eigenvalue weighted by Gasteiger charge is -2.27. The van der Waals surface area contributed by atoms with Gasteiger partial charge in [0.05, 0.1) is 11.3 Å². The largest absolute Gasteiger partial charge is 0.310 e. The lowest BCUT2D eigenvalue weighted by molar-refractivity contribution is 0.243. The highest BCUT2D eigenvalue weighted by atomic mass is 32.1. The number of fused-ring (bicyclic) bond motifs is 1. The quantitative estimate of drug-likeness (QED) is 0.743. The molecule has 5 heteroatoms. The highest BCUT2D eigenvalue weighted by Gasteiger charge is 2.21. The van der Waals surface area contributed by atoms with E-state index in [-0.39, 0.29) is 5.56 Å². The molecule has 26 heavy (non-hydrogen) atoms. The summed E-state index contributed by atoms with van der Waals surface area (Å²) in [6.07, 6.45) is 2.69. The Morgan fingerprint density at radius 2 is 2.08 bits per heavy atom. The highest BCUT2D eigenvalue weighted by molar-refractivity contribution is 7.10. The minimum atomic E-state index is 0.0410. The fourth-order valence-electron chi connectivity index (χ4n) is 3.49. The monoisotopic (exact) mass is 365 g/mol. The SMILES string of the molecule is CCCc1nc2c(c(=O)[nH]1)CN(Cc1cc(-c3ccccc3)cs1)CC2. The number of hydrogen-bond donors (Lipinski definition) is 1. The molecule has 3 aromatic rings. The predicted molar refractivity (Wildman–Crippen MR) is 106 cm³/mol. The van der Waals surface area contributed by atoms with Crippen LogP contribution >= 0.6 is 11.3 Å². The van der Waals surface area contributed by atoms with Crippen molar-refractivity contribution < 1.29 is 0 Å². The van der Waals surface area contributed by atoms with Gasteiger partial charge in [-0.3, -0.25) is 9.69 Å². The number of rotatable bonds is 5. The fraction of sp³-hybridized carbons (Fsp3) is 0.333. The number of nitrogens with one attached hydrogen (secondary N) is 1. The molecule has 0 spiro atoms. The molecular formula is C21H23N3OS. The molecule has 134 valence electrons. The Morgan fingerprint density at radius 3 is 2.88 bits per heavy atom. The van der Waals surface area contributed by atoms with Crippen molar-refractivity contribution >= 4 is 11.3 Å². The zero-order valence-corrected chi connectivity index (χ0v) is 15.8. The van der Waals surface area contributed by atoms with Gasteiger partial charge in [-0.2, -0.15) is 0 Å². The molecule has 1 aliphatic heterocycles. The average molecular weight is 366 g/mol. The van der Waals surface area contributed by atoms with Crippen LogP contribution in [0.1, 0.15) is 35.3 Å². The molecule has 0 saturated heterocycles. The molecule has 0 fully saturated rings. The first kappa shape index (κ1) is 17.2. The standard InChI is InChI=1S/C21H23N3OS/c1-2-6-20-22-19-9-10-24(13-18(19)21(25)23-20)12-17-11-16(14-26-17)15-7-4-3-5-8-15/h3-5,7-8,11,14H,2,6,9-10,12-13H2,1H3,(H,22,23,25). The van der Waals surface area contributed by atoms with E-state index in [1.54, 1.807) is 11.3 Å². The molecule has 0 amide bonds. The topological polar surface area (TPSA) is 49.0 Å². The van der Waals surface area contributed by atoms with E-state index in [4.69, 9.17) is 0 Å². The van der Waals surface area contributed by atoms with Crippen LogP contribution in [0.4, 0.5) is 0 Å². The molecule has 0 aliphatic carbocycles. The van der Waals surface area contributed by atoms with Crippen LogP contribution in [-0.4, -0.2) is 21.4 Å². The zero-order valence-electron chi connectivity index (χ0n) is 15.0. The normalized spacial score (nSPS) is 14.3. The van der Waals surface area contributed by atoms with E-state index in [0.29, 0.717) is 6.54 Å². The number of aromatic nitrogens is 2. The Morgan fingerprint density at radius 1 is 1.23 bits per heavy atom. The minimum Gasteiger partial charge on any atom is -0.310 e. The van der Waals surface area contributed by atoms with E-state index < -0.39 is 0 Å². The van der Waals surface area contributed by atoms with E-state index in [0.717, 1.165) is 49.4 Å². The van der Waals surface area contributed by atoms with Gasteiger partial charge in [0, 0.05) is 37.4 Å². The molecule has 4 rings (SSSR count). The second kappa shape index (κ2) is 7.56. The van der Waals surface area contributed by atoms with E-state index in [9.17, 15) is 4.79 Å². The van der Waals surface area contributed by atoms with Crippen molar-refractivity contribution in [3.8, 4) is 11.1 Å². The molecule has 0 radical (unpaired) electrons. The Hall–Kier alpha value is -2.24. The van der Waals surface area contributed by atoms with Crippen molar-refractivity contribution in [1.29, 1.82) is 0 Å². The molecule has 0 atom stereocenters. The number of benzene rings is 1. The third-order valence-electron chi connectivity index (χ3n) is 4.82. The van der Waals surface area contributed by atoms with Gasteiger partial charge in [0.15, 0.2) is 0 Å². The van der Waals surface area contributed by atoms with Gasteiger partial charge in [0.25, 0.3) is 5.56 Å². The molecule has 1 aromatic carbocycles. The summed E-state index contributed by atoms with van der Waals surface area (Å²) < 4.78 is 0. The number of thiophene rings is 1. The maximum Gasteiger partial charge on any atom is 0.255 e. The van der Waals surface area contributed by atoms with Crippen LogP contribution in [0.3, 0.4) is 0 Å². The number of nitrogens with zero attached hydrogens (tertiary/aromatic N) is 2. The van der Waals surface area contributed by atoms with Crippen LogP contribution in [0.15, 0.2) is 46.6 Å². The Bertz CT molecular complexity index is 945. The van der Waals surface area contributed by atoms with Gasteiger partial charge < -0.3 is 4.98 Å². The minimum absolute atomic E-state index is 0.0410. The Labute approximate surface area is 157 Å². The summed E-state index contributed by atoms with van der Waals surface area (Å²) in [5.74, 6) is 0.829. The first-order valence-corrected chi connectivity index (χ1v) is 10.1. The summed E-state index contributed by atoms with van der Waals surface area (Å²) in [6.45, 7) is 4.62. The second-order valence-electron chi connectivity index (χ2n) is 6.82. The van der Waals surface area contributed by atoms with Crippen molar-refractivity contribution in [1.82, 2.24) is 14.9 Å². The van der Waals surface area contributed by atoms with Crippen molar-refractivity contribution in [2.75, 3.05) is 6.54 Å². The fourth-order valence-corrected chi connectivity index (χ4v) is 4.42. The van der Waals surface area contributed by atoms with E-state index >= 15 is 0 Å². The van der Waals surface area contributed by atoms with Crippen LogP contribution in [0.2, 0.25) is 0 Å². The van der Waals surface area contributed by atoms with E-state index in [1.165, 1.54) is 16.0 Å². The summed E-state index contributed by atoms with van der Waals surface area (Å²) in [5.41, 5.74) is 4.40. The summed E-state index contributed by atoms with van der Waals surface area (Å²) >= 11 is 1.79. The van der Waals surface area contributed by atoms with Crippen LogP contribution in [0, 0.1) is 0 Å². The van der Waals surface area contributed by atoms with E-state index in [2.05, 4.69) is 57.5 Å². The predicted octanol–water partition coefficient (Wildman–Crippen LogP) is 4.01. The Balaban J connectivity index is 1.48. The van der Waals surface area contributed by atoms with Crippen LogP contribution in [-0.2, 0) is 25.9 Å². The zero-order chi connectivity index (χ0) is 17.9. The molecular weight excluding hydrogens is 342 g/mol. The molecule has 1 aliphatic rings. The number of H-pyrrole nitrogens is 1. The van der Waals surface area contributed by atoms with Crippen LogP contribution < -0.4 is 5.56 Å². The van der Waals surface area contributed by atoms with Gasteiger partial charge in [-0.05, 0) is 29.0 Å². The van der Waals surface area contributed by atoms with Gasteiger partial charge >= 0.3 is 0 Å². The third kappa shape index (κ3) is 3.64. The molecule has 4 nitrogen and oxygen atoms in total. The number of aryl methyl sites for hydroxylation is 1.